The summed E-state index contributed by atoms with van der Waals surface area (Å²) in [6.45, 7) is 2.00. The number of nitrogens with two attached hydrogens (primary N) is 1. The molecule has 0 spiro atoms. The van der Waals surface area contributed by atoms with Crippen LogP contribution in [0.4, 0.5) is 5.82 Å². The molecular formula is C14H18N4O3S. The van der Waals surface area contributed by atoms with Gasteiger partial charge in [0.15, 0.2) is 0 Å². The van der Waals surface area contributed by atoms with Gasteiger partial charge in [-0.25, -0.2) is 0 Å². The van der Waals surface area contributed by atoms with Crippen molar-refractivity contribution in [3.8, 4) is 0 Å². The third-order valence-electron chi connectivity index (χ3n) is 3.15. The average Bonchev–Trinajstić information content (AvgIpc) is 3.04. The Morgan fingerprint density at radius 3 is 2.82 bits per heavy atom. The minimum Gasteiger partial charge on any atom is -0.469 e. The zero-order chi connectivity index (χ0) is 16.3. The standard InChI is InChI=1S/C14H18N4O3S/c1-4-5-9-8(6-7-21-9)13(20)16-12-10(11(15)19)14(22-3)17-18(12)2/h6-7H,4-5H2,1-3H3,(H2,15,19)(H,16,20). The van der Waals surface area contributed by atoms with Crippen LogP contribution < -0.4 is 11.1 Å². The fourth-order valence-electron chi connectivity index (χ4n) is 2.15. The van der Waals surface area contributed by atoms with E-state index < -0.39 is 5.91 Å². The molecule has 2 aromatic rings. The van der Waals surface area contributed by atoms with Crippen molar-refractivity contribution in [2.45, 2.75) is 24.8 Å². The van der Waals surface area contributed by atoms with Crippen molar-refractivity contribution in [1.82, 2.24) is 9.78 Å². The number of carbonyl (C=O) groups excluding carboxylic acids is 2. The fraction of sp³-hybridized carbons (Fsp3) is 0.357. The molecule has 0 aliphatic heterocycles. The number of nitrogens with one attached hydrogen (secondary N) is 1. The lowest BCUT2D eigenvalue weighted by Gasteiger charge is -2.07. The minimum absolute atomic E-state index is 0.212. The van der Waals surface area contributed by atoms with Gasteiger partial charge in [-0.3, -0.25) is 14.3 Å². The summed E-state index contributed by atoms with van der Waals surface area (Å²) in [5.41, 5.74) is 6.06. The highest BCUT2D eigenvalue weighted by molar-refractivity contribution is 7.98. The maximum absolute atomic E-state index is 12.4. The number of furan rings is 1. The summed E-state index contributed by atoms with van der Waals surface area (Å²) in [7, 11) is 1.64. The average molecular weight is 322 g/mol. The van der Waals surface area contributed by atoms with E-state index in [9.17, 15) is 9.59 Å². The molecule has 0 aromatic carbocycles. The maximum atomic E-state index is 12.4. The summed E-state index contributed by atoms with van der Waals surface area (Å²) in [5, 5.41) is 7.37. The van der Waals surface area contributed by atoms with Crippen LogP contribution in [0.15, 0.2) is 21.8 Å². The summed E-state index contributed by atoms with van der Waals surface area (Å²) < 4.78 is 6.75. The van der Waals surface area contributed by atoms with Gasteiger partial charge in [-0.15, -0.1) is 11.8 Å². The van der Waals surface area contributed by atoms with Crippen LogP contribution >= 0.6 is 11.8 Å². The lowest BCUT2D eigenvalue weighted by Crippen LogP contribution is -2.20. The van der Waals surface area contributed by atoms with Crippen LogP contribution in [0.2, 0.25) is 0 Å². The first-order valence-electron chi connectivity index (χ1n) is 6.78. The molecule has 0 fully saturated rings. The topological polar surface area (TPSA) is 103 Å². The van der Waals surface area contributed by atoms with Crippen LogP contribution in [-0.2, 0) is 13.5 Å². The van der Waals surface area contributed by atoms with Gasteiger partial charge < -0.3 is 15.5 Å². The molecule has 0 bridgehead atoms. The van der Waals surface area contributed by atoms with Crippen molar-refractivity contribution in [2.75, 3.05) is 11.6 Å². The van der Waals surface area contributed by atoms with Gasteiger partial charge in [0.05, 0.1) is 11.8 Å². The first-order valence-corrected chi connectivity index (χ1v) is 8.00. The molecule has 2 heterocycles. The highest BCUT2D eigenvalue weighted by atomic mass is 32.2. The number of rotatable bonds is 6. The Kier molecular flexibility index (Phi) is 4.92. The summed E-state index contributed by atoms with van der Waals surface area (Å²) >= 11 is 1.29. The van der Waals surface area contributed by atoms with Crippen LogP contribution in [0, 0.1) is 0 Å². The molecule has 0 radical (unpaired) electrons. The molecule has 118 valence electrons. The van der Waals surface area contributed by atoms with Gasteiger partial charge in [0, 0.05) is 13.5 Å². The maximum Gasteiger partial charge on any atom is 0.260 e. The lowest BCUT2D eigenvalue weighted by molar-refractivity contribution is 0.0998. The summed E-state index contributed by atoms with van der Waals surface area (Å²) in [6, 6.07) is 1.61. The molecule has 8 heteroatoms. The van der Waals surface area contributed by atoms with Gasteiger partial charge >= 0.3 is 0 Å². The Balaban J connectivity index is 2.34. The van der Waals surface area contributed by atoms with Gasteiger partial charge in [-0.2, -0.15) is 5.10 Å². The number of anilines is 1. The summed E-state index contributed by atoms with van der Waals surface area (Å²) in [6.07, 6.45) is 4.80. The van der Waals surface area contributed by atoms with E-state index in [1.807, 2.05) is 6.92 Å². The summed E-state index contributed by atoms with van der Waals surface area (Å²) in [4.78, 5) is 24.1. The van der Waals surface area contributed by atoms with Crippen molar-refractivity contribution in [3.05, 3.63) is 29.2 Å². The van der Waals surface area contributed by atoms with Crippen LogP contribution in [-0.4, -0.2) is 27.9 Å². The SMILES string of the molecule is CCCc1occc1C(=O)Nc1c(C(N)=O)c(SC)nn1C. The second-order valence-corrected chi connectivity index (χ2v) is 5.48. The van der Waals surface area contributed by atoms with E-state index in [2.05, 4.69) is 10.4 Å². The molecule has 22 heavy (non-hydrogen) atoms. The summed E-state index contributed by atoms with van der Waals surface area (Å²) in [5.74, 6) is -0.0811. The van der Waals surface area contributed by atoms with Gasteiger partial charge in [-0.05, 0) is 18.7 Å². The van der Waals surface area contributed by atoms with Crippen LogP contribution in [0.1, 0.15) is 39.8 Å². The second-order valence-electron chi connectivity index (χ2n) is 4.68. The van der Waals surface area contributed by atoms with E-state index >= 15 is 0 Å². The van der Waals surface area contributed by atoms with E-state index in [4.69, 9.17) is 10.2 Å². The Hall–Kier alpha value is -2.22. The quantitative estimate of drug-likeness (QED) is 0.792. The van der Waals surface area contributed by atoms with E-state index in [1.54, 1.807) is 19.4 Å². The molecule has 0 unspecified atom stereocenters. The molecule has 3 N–H and O–H groups in total. The Bertz CT molecular complexity index is 705. The van der Waals surface area contributed by atoms with Crippen molar-refractivity contribution >= 4 is 29.4 Å². The van der Waals surface area contributed by atoms with Gasteiger partial charge in [0.1, 0.15) is 22.2 Å². The molecular weight excluding hydrogens is 304 g/mol. The zero-order valence-electron chi connectivity index (χ0n) is 12.7. The highest BCUT2D eigenvalue weighted by Crippen LogP contribution is 2.26. The number of hydrogen-bond acceptors (Lipinski definition) is 5. The molecule has 0 aliphatic carbocycles. The first-order chi connectivity index (χ1) is 10.5. The molecule has 0 aliphatic rings. The van der Waals surface area contributed by atoms with Crippen LogP contribution in [0.25, 0.3) is 0 Å². The Labute approximate surface area is 132 Å². The molecule has 0 saturated carbocycles. The molecule has 2 rings (SSSR count). The molecule has 2 aromatic heterocycles. The van der Waals surface area contributed by atoms with Gasteiger partial charge in [0.25, 0.3) is 11.8 Å². The van der Waals surface area contributed by atoms with Gasteiger partial charge in [-0.1, -0.05) is 6.92 Å². The highest BCUT2D eigenvalue weighted by Gasteiger charge is 2.23. The smallest absolute Gasteiger partial charge is 0.260 e. The Morgan fingerprint density at radius 1 is 1.50 bits per heavy atom. The predicted octanol–water partition coefficient (Wildman–Crippen LogP) is 2.04. The number of aryl methyl sites for hydroxylation is 2. The third-order valence-corrected chi connectivity index (χ3v) is 3.83. The molecule has 7 nitrogen and oxygen atoms in total. The predicted molar refractivity (Wildman–Crippen MR) is 84.2 cm³/mol. The van der Waals surface area contributed by atoms with E-state index in [1.165, 1.54) is 22.7 Å². The van der Waals surface area contributed by atoms with Crippen molar-refractivity contribution in [2.24, 2.45) is 12.8 Å². The zero-order valence-corrected chi connectivity index (χ0v) is 13.5. The normalized spacial score (nSPS) is 10.7. The lowest BCUT2D eigenvalue weighted by atomic mass is 10.1. The number of hydrogen-bond donors (Lipinski definition) is 2. The molecule has 0 atom stereocenters. The van der Waals surface area contributed by atoms with E-state index in [0.717, 1.165) is 6.42 Å². The van der Waals surface area contributed by atoms with Gasteiger partial charge in [0.2, 0.25) is 0 Å². The fourth-order valence-corrected chi connectivity index (χ4v) is 2.75. The van der Waals surface area contributed by atoms with E-state index in [0.29, 0.717) is 22.8 Å². The number of thioether (sulfide) groups is 1. The monoisotopic (exact) mass is 322 g/mol. The largest absolute Gasteiger partial charge is 0.469 e. The molecule has 2 amide bonds. The number of aromatic nitrogens is 2. The first kappa shape index (κ1) is 16.2. The van der Waals surface area contributed by atoms with E-state index in [-0.39, 0.29) is 17.3 Å². The Morgan fingerprint density at radius 2 is 2.23 bits per heavy atom. The van der Waals surface area contributed by atoms with Crippen molar-refractivity contribution < 1.29 is 14.0 Å². The number of amides is 2. The van der Waals surface area contributed by atoms with Crippen molar-refractivity contribution in [1.29, 1.82) is 0 Å². The van der Waals surface area contributed by atoms with Crippen LogP contribution in [0.3, 0.4) is 0 Å². The number of primary amides is 1. The minimum atomic E-state index is -0.631. The van der Waals surface area contributed by atoms with Crippen molar-refractivity contribution in [3.63, 3.8) is 0 Å². The second kappa shape index (κ2) is 6.69. The van der Waals surface area contributed by atoms with Crippen LogP contribution in [0.5, 0.6) is 0 Å². The third kappa shape index (κ3) is 3.01. The number of nitrogens with zero attached hydrogens (tertiary/aromatic N) is 2. The number of carbonyl (C=O) groups is 2. The molecule has 0 saturated heterocycles.